The topological polar surface area (TPSA) is 90.1 Å². The average Bonchev–Trinajstić information content (AvgIpc) is 3.63. The smallest absolute Gasteiger partial charge is 0.197 e. The fourth-order valence-electron chi connectivity index (χ4n) is 4.22. The maximum atomic E-state index is 4.81. The van der Waals surface area contributed by atoms with Crippen molar-refractivity contribution in [1.82, 2.24) is 40.0 Å². The number of hydrogen-bond donors (Lipinski definition) is 1. The number of nitrogens with one attached hydrogen (secondary N) is 1. The lowest BCUT2D eigenvalue weighted by Gasteiger charge is -2.11. The van der Waals surface area contributed by atoms with E-state index in [1.165, 1.54) is 5.56 Å². The van der Waals surface area contributed by atoms with Crippen LogP contribution in [-0.2, 0) is 13.0 Å². The van der Waals surface area contributed by atoms with Crippen LogP contribution in [-0.4, -0.2) is 40.0 Å². The Morgan fingerprint density at radius 1 is 0.971 bits per heavy atom. The van der Waals surface area contributed by atoms with Gasteiger partial charge in [-0.3, -0.25) is 0 Å². The molecule has 5 rings (SSSR count). The van der Waals surface area contributed by atoms with Crippen LogP contribution in [0.15, 0.2) is 66.9 Å². The molecular formula is C27H30N8. The van der Waals surface area contributed by atoms with E-state index in [0.29, 0.717) is 18.3 Å². The minimum atomic E-state index is 0.315. The Labute approximate surface area is 205 Å². The first kappa shape index (κ1) is 22.7. The van der Waals surface area contributed by atoms with Crippen molar-refractivity contribution in [2.75, 3.05) is 0 Å². The zero-order valence-corrected chi connectivity index (χ0v) is 20.4. The Hall–Kier alpha value is -4.07. The fraction of sp³-hybridized carbons (Fsp3) is 0.296. The summed E-state index contributed by atoms with van der Waals surface area (Å²) >= 11 is 0. The van der Waals surface area contributed by atoms with E-state index in [2.05, 4.69) is 99.3 Å². The number of aromatic amines is 1. The molecule has 0 amide bonds. The van der Waals surface area contributed by atoms with Crippen LogP contribution in [0, 0.1) is 0 Å². The van der Waals surface area contributed by atoms with Crippen LogP contribution >= 0.6 is 0 Å². The molecule has 8 heteroatoms. The summed E-state index contributed by atoms with van der Waals surface area (Å²) in [4.78, 5) is 4.81. The third-order valence-corrected chi connectivity index (χ3v) is 6.12. The molecular weight excluding hydrogens is 436 g/mol. The molecule has 5 aromatic rings. The summed E-state index contributed by atoms with van der Waals surface area (Å²) in [5.41, 5.74) is 5.33. The van der Waals surface area contributed by atoms with E-state index < -0.39 is 0 Å². The van der Waals surface area contributed by atoms with E-state index >= 15 is 0 Å². The van der Waals surface area contributed by atoms with Crippen LogP contribution in [0.4, 0.5) is 0 Å². The highest BCUT2D eigenvalue weighted by atomic mass is 15.5. The molecule has 0 saturated heterocycles. The Morgan fingerprint density at radius 3 is 2.46 bits per heavy atom. The van der Waals surface area contributed by atoms with E-state index in [-0.39, 0.29) is 0 Å². The lowest BCUT2D eigenvalue weighted by atomic mass is 10.1. The van der Waals surface area contributed by atoms with Crippen molar-refractivity contribution >= 4 is 0 Å². The van der Waals surface area contributed by atoms with Crippen LogP contribution in [0.1, 0.15) is 56.7 Å². The molecule has 0 radical (unpaired) electrons. The Kier molecular flexibility index (Phi) is 6.52. The second kappa shape index (κ2) is 10.0. The normalized spacial score (nSPS) is 11.4. The molecule has 1 N–H and O–H groups in total. The minimum Gasteiger partial charge on any atom is -0.313 e. The van der Waals surface area contributed by atoms with Gasteiger partial charge in [-0.2, -0.15) is 5.10 Å². The van der Waals surface area contributed by atoms with Crippen LogP contribution in [0.2, 0.25) is 0 Å². The molecule has 0 spiro atoms. The molecule has 0 aliphatic rings. The van der Waals surface area contributed by atoms with Crippen molar-refractivity contribution in [2.45, 2.75) is 52.5 Å². The molecule has 178 valence electrons. The van der Waals surface area contributed by atoms with Gasteiger partial charge in [-0.25, -0.2) is 14.8 Å². The number of aryl methyl sites for hydroxylation is 1. The number of rotatable bonds is 9. The molecule has 0 aliphatic carbocycles. The molecule has 0 fully saturated rings. The van der Waals surface area contributed by atoms with Crippen LogP contribution in [0.5, 0.6) is 0 Å². The summed E-state index contributed by atoms with van der Waals surface area (Å²) in [7, 11) is 0. The zero-order valence-electron chi connectivity index (χ0n) is 20.4. The molecule has 0 atom stereocenters. The summed E-state index contributed by atoms with van der Waals surface area (Å²) in [5, 5.41) is 19.5. The third kappa shape index (κ3) is 4.77. The number of benzene rings is 2. The average molecular weight is 467 g/mol. The predicted molar refractivity (Wildman–Crippen MR) is 136 cm³/mol. The molecule has 0 saturated carbocycles. The summed E-state index contributed by atoms with van der Waals surface area (Å²) in [6.07, 6.45) is 5.27. The van der Waals surface area contributed by atoms with E-state index in [4.69, 9.17) is 10.1 Å². The number of tetrazole rings is 1. The lowest BCUT2D eigenvalue weighted by molar-refractivity contribution is 0.610. The monoisotopic (exact) mass is 466 g/mol. The van der Waals surface area contributed by atoms with Crippen molar-refractivity contribution in [3.05, 3.63) is 84.1 Å². The first-order valence-corrected chi connectivity index (χ1v) is 12.2. The van der Waals surface area contributed by atoms with Crippen LogP contribution < -0.4 is 0 Å². The predicted octanol–water partition coefficient (Wildman–Crippen LogP) is 5.43. The minimum absolute atomic E-state index is 0.315. The molecule has 8 nitrogen and oxygen atoms in total. The summed E-state index contributed by atoms with van der Waals surface area (Å²) in [5.74, 6) is 2.93. The molecule has 2 aromatic carbocycles. The van der Waals surface area contributed by atoms with Gasteiger partial charge in [-0.05, 0) is 46.2 Å². The second-order valence-corrected chi connectivity index (χ2v) is 9.03. The van der Waals surface area contributed by atoms with Crippen molar-refractivity contribution in [2.24, 2.45) is 0 Å². The van der Waals surface area contributed by atoms with Gasteiger partial charge in [0.1, 0.15) is 11.5 Å². The fourth-order valence-corrected chi connectivity index (χ4v) is 4.22. The molecule has 0 aliphatic heterocycles. The molecule has 0 unspecified atom stereocenters. The van der Waals surface area contributed by atoms with Gasteiger partial charge < -0.3 is 4.57 Å². The van der Waals surface area contributed by atoms with Gasteiger partial charge in [-0.15, -0.1) is 5.10 Å². The van der Waals surface area contributed by atoms with Crippen molar-refractivity contribution < 1.29 is 0 Å². The van der Waals surface area contributed by atoms with E-state index in [1.54, 1.807) is 0 Å². The first-order chi connectivity index (χ1) is 17.1. The van der Waals surface area contributed by atoms with Crippen molar-refractivity contribution in [3.63, 3.8) is 0 Å². The standard InChI is InChI=1S/C27H30N8/c1-4-5-11-24-28-26(19(2)3)31-35(24)18-20-12-14-22(15-13-20)34-17-16-23(21-9-7-6-8-10-21)25(34)27-29-32-33-30-27/h6-10,12-17,19H,4-5,11,18H2,1-3H3,(H,29,30,32,33). The number of hydrogen-bond acceptors (Lipinski definition) is 5. The SMILES string of the molecule is CCCCc1nc(C(C)C)nn1Cc1ccc(-n2ccc(-c3ccccc3)c2-c2nnn[nH]2)cc1. The number of aromatic nitrogens is 8. The quantitative estimate of drug-likeness (QED) is 0.313. The maximum absolute atomic E-state index is 4.81. The zero-order chi connectivity index (χ0) is 24.2. The first-order valence-electron chi connectivity index (χ1n) is 12.2. The summed E-state index contributed by atoms with van der Waals surface area (Å²) < 4.78 is 4.18. The van der Waals surface area contributed by atoms with Gasteiger partial charge >= 0.3 is 0 Å². The molecule has 3 aromatic heterocycles. The number of H-pyrrole nitrogens is 1. The number of unbranched alkanes of at least 4 members (excludes halogenated alkanes) is 1. The highest BCUT2D eigenvalue weighted by Crippen LogP contribution is 2.33. The van der Waals surface area contributed by atoms with Gasteiger partial charge in [0.05, 0.1) is 6.54 Å². The van der Waals surface area contributed by atoms with Crippen LogP contribution in [0.3, 0.4) is 0 Å². The Balaban J connectivity index is 1.46. The van der Waals surface area contributed by atoms with Gasteiger partial charge in [0.2, 0.25) is 0 Å². The number of nitrogens with zero attached hydrogens (tertiary/aromatic N) is 7. The molecule has 35 heavy (non-hydrogen) atoms. The highest BCUT2D eigenvalue weighted by molar-refractivity contribution is 5.80. The van der Waals surface area contributed by atoms with Gasteiger partial charge in [0.15, 0.2) is 11.6 Å². The van der Waals surface area contributed by atoms with Crippen molar-refractivity contribution in [1.29, 1.82) is 0 Å². The molecule has 3 heterocycles. The molecule has 0 bridgehead atoms. The lowest BCUT2D eigenvalue weighted by Crippen LogP contribution is -2.07. The maximum Gasteiger partial charge on any atom is 0.197 e. The van der Waals surface area contributed by atoms with Gasteiger partial charge in [0.25, 0.3) is 0 Å². The van der Waals surface area contributed by atoms with E-state index in [0.717, 1.165) is 53.4 Å². The highest BCUT2D eigenvalue weighted by Gasteiger charge is 2.18. The third-order valence-electron chi connectivity index (χ3n) is 6.12. The van der Waals surface area contributed by atoms with Gasteiger partial charge in [0, 0.05) is 29.8 Å². The van der Waals surface area contributed by atoms with Gasteiger partial charge in [-0.1, -0.05) is 69.7 Å². The second-order valence-electron chi connectivity index (χ2n) is 9.03. The summed E-state index contributed by atoms with van der Waals surface area (Å²) in [6, 6.07) is 20.9. The summed E-state index contributed by atoms with van der Waals surface area (Å²) in [6.45, 7) is 7.19. The van der Waals surface area contributed by atoms with E-state index in [9.17, 15) is 0 Å². The largest absolute Gasteiger partial charge is 0.313 e. The Morgan fingerprint density at radius 2 is 1.77 bits per heavy atom. The van der Waals surface area contributed by atoms with Crippen LogP contribution in [0.25, 0.3) is 28.3 Å². The Bertz CT molecular complexity index is 1360. The van der Waals surface area contributed by atoms with Crippen molar-refractivity contribution in [3.8, 4) is 28.3 Å². The van der Waals surface area contributed by atoms with E-state index in [1.807, 2.05) is 18.2 Å².